The van der Waals surface area contributed by atoms with E-state index in [4.69, 9.17) is 11.6 Å². The number of carbonyl (C=O) groups excluding carboxylic acids is 1. The summed E-state index contributed by atoms with van der Waals surface area (Å²) in [5, 5.41) is 0.998. The molecule has 0 radical (unpaired) electrons. The highest BCUT2D eigenvalue weighted by molar-refractivity contribution is 6.35. The maximum atomic E-state index is 15.5. The van der Waals surface area contributed by atoms with E-state index in [0.29, 0.717) is 75.9 Å². The van der Waals surface area contributed by atoms with Gasteiger partial charge in [0.2, 0.25) is 5.91 Å². The van der Waals surface area contributed by atoms with Crippen LogP contribution in [-0.4, -0.2) is 57.2 Å². The predicted molar refractivity (Wildman–Crippen MR) is 170 cm³/mol. The first-order valence-corrected chi connectivity index (χ1v) is 14.7. The number of halogens is 2. The van der Waals surface area contributed by atoms with E-state index in [1.165, 1.54) is 12.1 Å². The number of rotatable bonds is 4. The summed E-state index contributed by atoms with van der Waals surface area (Å²) in [6, 6.07) is 8.27. The molecule has 4 heterocycles. The van der Waals surface area contributed by atoms with Crippen molar-refractivity contribution in [2.24, 2.45) is 4.99 Å². The Morgan fingerprint density at radius 3 is 2.72 bits per heavy atom. The normalized spacial score (nSPS) is 16.3. The zero-order valence-electron chi connectivity index (χ0n) is 24.6. The molecule has 2 aromatic heterocycles. The van der Waals surface area contributed by atoms with E-state index in [0.717, 1.165) is 11.3 Å². The zero-order valence-corrected chi connectivity index (χ0v) is 25.3. The van der Waals surface area contributed by atoms with Gasteiger partial charge in [-0.2, -0.15) is 4.98 Å². The number of anilines is 1. The number of carbonyl (C=O) groups is 1. The molecule has 6 rings (SSSR count). The van der Waals surface area contributed by atoms with E-state index >= 15 is 4.39 Å². The molecule has 2 aromatic carbocycles. The number of aromatic nitrogens is 3. The Bertz CT molecular complexity index is 1900. The van der Waals surface area contributed by atoms with Crippen molar-refractivity contribution < 1.29 is 9.18 Å². The summed E-state index contributed by atoms with van der Waals surface area (Å²) in [5.74, 6) is -0.0972. The average molecular weight is 599 g/mol. The van der Waals surface area contributed by atoms with Gasteiger partial charge < -0.3 is 9.80 Å². The quantitative estimate of drug-likeness (QED) is 0.263. The van der Waals surface area contributed by atoms with Gasteiger partial charge in [-0.15, -0.1) is 0 Å². The number of amides is 1. The van der Waals surface area contributed by atoms with E-state index < -0.39 is 11.5 Å². The van der Waals surface area contributed by atoms with Crippen molar-refractivity contribution in [1.82, 2.24) is 19.4 Å². The fraction of sp³-hybridized carbons (Fsp3) is 0.303. The number of aryl methyl sites for hydroxylation is 1. The lowest BCUT2D eigenvalue weighted by molar-refractivity contribution is -0.126. The molecule has 220 valence electrons. The van der Waals surface area contributed by atoms with Crippen LogP contribution < -0.4 is 10.6 Å². The number of nitrogens with zero attached hydrogens (tertiary/aromatic N) is 6. The number of hydrogen-bond acceptors (Lipinski definition) is 6. The fourth-order valence-corrected chi connectivity index (χ4v) is 6.62. The first-order valence-electron chi connectivity index (χ1n) is 14.4. The van der Waals surface area contributed by atoms with Crippen molar-refractivity contribution in [3.05, 3.63) is 87.3 Å². The Balaban J connectivity index is 1.72. The Labute approximate surface area is 254 Å². The molecular formula is C33H32ClFN6O2. The smallest absolute Gasteiger partial charge is 0.350 e. The Kier molecular flexibility index (Phi) is 7.38. The van der Waals surface area contributed by atoms with Crippen LogP contribution in [0.25, 0.3) is 27.7 Å². The highest BCUT2D eigenvalue weighted by Gasteiger charge is 2.32. The first kappa shape index (κ1) is 28.7. The molecule has 0 aliphatic carbocycles. The SMILES string of the molecule is C=CC(=O)N1CCN(c2nc(=O)n(-c3c(C)ccnc3C(C)C)c3c4c(c(Cl)cc23)-c2c(F)cccc2N=CC4)[C@@H](C)C1. The van der Waals surface area contributed by atoms with Gasteiger partial charge in [0, 0.05) is 66.0 Å². The van der Waals surface area contributed by atoms with Crippen LogP contribution in [-0.2, 0) is 11.2 Å². The number of aliphatic imine (C=N–C) groups is 1. The molecule has 1 atom stereocenters. The van der Waals surface area contributed by atoms with Gasteiger partial charge in [-0.05, 0) is 61.2 Å². The fourth-order valence-electron chi connectivity index (χ4n) is 6.30. The van der Waals surface area contributed by atoms with Crippen LogP contribution in [0.2, 0.25) is 5.02 Å². The van der Waals surface area contributed by atoms with Crippen molar-refractivity contribution in [3.63, 3.8) is 0 Å². The second kappa shape index (κ2) is 11.0. The molecular weight excluding hydrogens is 567 g/mol. The third-order valence-corrected chi connectivity index (χ3v) is 8.59. The van der Waals surface area contributed by atoms with Crippen molar-refractivity contribution in [3.8, 4) is 16.8 Å². The number of pyridine rings is 1. The molecule has 0 spiro atoms. The van der Waals surface area contributed by atoms with Gasteiger partial charge in [-0.25, -0.2) is 9.18 Å². The molecule has 0 unspecified atom stereocenters. The minimum Gasteiger partial charge on any atom is -0.350 e. The van der Waals surface area contributed by atoms with Crippen LogP contribution in [0.15, 0.2) is 59.0 Å². The van der Waals surface area contributed by atoms with Crippen LogP contribution in [0.4, 0.5) is 15.9 Å². The third kappa shape index (κ3) is 4.72. The van der Waals surface area contributed by atoms with Gasteiger partial charge in [0.25, 0.3) is 0 Å². The molecule has 10 heteroatoms. The van der Waals surface area contributed by atoms with E-state index in [9.17, 15) is 9.59 Å². The van der Waals surface area contributed by atoms with Crippen molar-refractivity contribution in [2.75, 3.05) is 24.5 Å². The summed E-state index contributed by atoms with van der Waals surface area (Å²) >= 11 is 7.04. The van der Waals surface area contributed by atoms with Crippen LogP contribution in [0.1, 0.15) is 43.5 Å². The largest absolute Gasteiger partial charge is 0.354 e. The Morgan fingerprint density at radius 2 is 2.00 bits per heavy atom. The van der Waals surface area contributed by atoms with Crippen molar-refractivity contribution >= 4 is 46.1 Å². The van der Waals surface area contributed by atoms with E-state index in [2.05, 4.69) is 21.5 Å². The molecule has 1 amide bonds. The molecule has 43 heavy (non-hydrogen) atoms. The standard InChI is InChI=1S/C33H32ClFN6O2/c1-6-26(42)39-14-15-40(20(5)17-39)32-22-16-23(34)27-21(11-13-36-25-9-7-8-24(35)28(25)27)31(22)41(33(43)38-32)30-19(4)10-12-37-29(30)18(2)3/h6-10,12-13,16,18,20H,1,11,14-15,17H2,2-5H3/t20-/m0/s1. The number of benzene rings is 2. The molecule has 2 aliphatic rings. The second-order valence-corrected chi connectivity index (χ2v) is 11.8. The molecule has 0 N–H and O–H groups in total. The van der Waals surface area contributed by atoms with E-state index in [-0.39, 0.29) is 17.9 Å². The van der Waals surface area contributed by atoms with Gasteiger partial charge in [0.15, 0.2) is 0 Å². The van der Waals surface area contributed by atoms with Gasteiger partial charge in [0.05, 0.1) is 22.6 Å². The lowest BCUT2D eigenvalue weighted by Gasteiger charge is -2.40. The van der Waals surface area contributed by atoms with Gasteiger partial charge in [0.1, 0.15) is 11.6 Å². The highest BCUT2D eigenvalue weighted by Crippen LogP contribution is 2.45. The topological polar surface area (TPSA) is 83.7 Å². The predicted octanol–water partition coefficient (Wildman–Crippen LogP) is 6.15. The lowest BCUT2D eigenvalue weighted by atomic mass is 9.93. The molecule has 8 nitrogen and oxygen atoms in total. The summed E-state index contributed by atoms with van der Waals surface area (Å²) in [6.45, 7) is 13.0. The summed E-state index contributed by atoms with van der Waals surface area (Å²) in [7, 11) is 0. The summed E-state index contributed by atoms with van der Waals surface area (Å²) in [6.07, 6.45) is 5.10. The van der Waals surface area contributed by atoms with Crippen molar-refractivity contribution in [1.29, 1.82) is 0 Å². The molecule has 1 fully saturated rings. The summed E-state index contributed by atoms with van der Waals surface area (Å²) < 4.78 is 17.1. The zero-order chi connectivity index (χ0) is 30.6. The minimum absolute atomic E-state index is 0.0117. The van der Waals surface area contributed by atoms with Crippen LogP contribution >= 0.6 is 11.6 Å². The van der Waals surface area contributed by atoms with E-state index in [1.807, 2.05) is 38.7 Å². The number of hydrogen-bond donors (Lipinski definition) is 0. The van der Waals surface area contributed by atoms with Crippen LogP contribution in [0, 0.1) is 12.7 Å². The van der Waals surface area contributed by atoms with E-state index in [1.54, 1.807) is 40.1 Å². The summed E-state index contributed by atoms with van der Waals surface area (Å²) in [4.78, 5) is 44.3. The van der Waals surface area contributed by atoms with Crippen LogP contribution in [0.3, 0.4) is 0 Å². The van der Waals surface area contributed by atoms with Gasteiger partial charge >= 0.3 is 5.69 Å². The second-order valence-electron chi connectivity index (χ2n) is 11.4. The number of fused-ring (bicyclic) bond motifs is 5. The van der Waals surface area contributed by atoms with Crippen LogP contribution in [0.5, 0.6) is 0 Å². The maximum Gasteiger partial charge on any atom is 0.354 e. The van der Waals surface area contributed by atoms with Gasteiger partial charge in [-0.3, -0.25) is 19.3 Å². The molecule has 0 bridgehead atoms. The van der Waals surface area contributed by atoms with Crippen molar-refractivity contribution in [2.45, 2.75) is 46.1 Å². The minimum atomic E-state index is -0.475. The van der Waals surface area contributed by atoms with Gasteiger partial charge in [-0.1, -0.05) is 38.1 Å². The summed E-state index contributed by atoms with van der Waals surface area (Å²) in [5.41, 5.74) is 4.34. The number of piperazine rings is 1. The third-order valence-electron chi connectivity index (χ3n) is 8.29. The molecule has 1 saturated heterocycles. The first-order chi connectivity index (χ1) is 20.6. The monoisotopic (exact) mass is 598 g/mol. The molecule has 2 aliphatic heterocycles. The molecule has 0 saturated carbocycles. The average Bonchev–Trinajstić information content (AvgIpc) is 3.18. The lowest BCUT2D eigenvalue weighted by Crippen LogP contribution is -2.54. The maximum absolute atomic E-state index is 15.5. The Hall–Kier alpha value is -4.37. The Morgan fingerprint density at radius 1 is 1.21 bits per heavy atom. The molecule has 4 aromatic rings. The highest BCUT2D eigenvalue weighted by atomic mass is 35.5.